The predicted octanol–water partition coefficient (Wildman–Crippen LogP) is 3.87. The molecule has 0 aromatic carbocycles. The summed E-state index contributed by atoms with van der Waals surface area (Å²) in [6.45, 7) is 2.23. The van der Waals surface area contributed by atoms with Gasteiger partial charge in [0.15, 0.2) is 0 Å². The second kappa shape index (κ2) is 8.92. The zero-order chi connectivity index (χ0) is 14.4. The first-order chi connectivity index (χ1) is 9.66. The van der Waals surface area contributed by atoms with Crippen LogP contribution < -0.4 is 5.73 Å². The van der Waals surface area contributed by atoms with Crippen LogP contribution in [0.4, 0.5) is 0 Å². The molecule has 1 saturated heterocycles. The molecule has 2 aliphatic rings. The lowest BCUT2D eigenvalue weighted by Gasteiger charge is -2.31. The van der Waals surface area contributed by atoms with Crippen molar-refractivity contribution in [2.45, 2.75) is 75.0 Å². The molecule has 3 unspecified atom stereocenters. The highest BCUT2D eigenvalue weighted by atomic mass is 32.2. The van der Waals surface area contributed by atoms with E-state index in [9.17, 15) is 5.11 Å². The van der Waals surface area contributed by atoms with Crippen molar-refractivity contribution in [2.24, 2.45) is 17.6 Å². The standard InChI is InChI=1S/C16H31NOS2/c1-12(10-15(18)16-19-8-5-9-20-16)14(17)11-13-6-3-2-4-7-13/h12-16,18H,2-11,17H2,1H3. The van der Waals surface area contributed by atoms with E-state index in [-0.39, 0.29) is 12.1 Å². The Hall–Kier alpha value is 0.620. The van der Waals surface area contributed by atoms with E-state index in [2.05, 4.69) is 6.92 Å². The van der Waals surface area contributed by atoms with Crippen LogP contribution in [0.5, 0.6) is 0 Å². The van der Waals surface area contributed by atoms with Crippen LogP contribution in [0, 0.1) is 11.8 Å². The maximum Gasteiger partial charge on any atom is 0.0761 e. The van der Waals surface area contributed by atoms with Gasteiger partial charge in [-0.05, 0) is 42.6 Å². The average Bonchev–Trinajstić information content (AvgIpc) is 2.49. The zero-order valence-electron chi connectivity index (χ0n) is 12.8. The van der Waals surface area contributed by atoms with Gasteiger partial charge >= 0.3 is 0 Å². The number of aliphatic hydroxyl groups is 1. The molecule has 1 saturated carbocycles. The van der Waals surface area contributed by atoms with Crippen molar-refractivity contribution in [3.8, 4) is 0 Å². The number of rotatable bonds is 6. The molecule has 118 valence electrons. The molecule has 3 atom stereocenters. The maximum atomic E-state index is 10.4. The summed E-state index contributed by atoms with van der Waals surface area (Å²) >= 11 is 3.87. The summed E-state index contributed by atoms with van der Waals surface area (Å²) in [7, 11) is 0. The highest BCUT2D eigenvalue weighted by molar-refractivity contribution is 8.17. The summed E-state index contributed by atoms with van der Waals surface area (Å²) in [5.41, 5.74) is 6.40. The summed E-state index contributed by atoms with van der Waals surface area (Å²) in [4.78, 5) is 0. The molecule has 0 amide bonds. The Kier molecular flexibility index (Phi) is 7.57. The molecule has 2 fully saturated rings. The van der Waals surface area contributed by atoms with Crippen LogP contribution in [-0.2, 0) is 0 Å². The molecule has 0 aromatic heterocycles. The summed E-state index contributed by atoms with van der Waals surface area (Å²) in [5.74, 6) is 3.70. The largest absolute Gasteiger partial charge is 0.391 e. The molecule has 1 aliphatic heterocycles. The van der Waals surface area contributed by atoms with Crippen LogP contribution in [0.25, 0.3) is 0 Å². The van der Waals surface area contributed by atoms with Crippen molar-refractivity contribution in [1.29, 1.82) is 0 Å². The van der Waals surface area contributed by atoms with Crippen molar-refractivity contribution >= 4 is 23.5 Å². The third-order valence-corrected chi connectivity index (χ3v) is 7.99. The first kappa shape index (κ1) is 17.0. The van der Waals surface area contributed by atoms with E-state index < -0.39 is 0 Å². The molecule has 20 heavy (non-hydrogen) atoms. The second-order valence-electron chi connectivity index (χ2n) is 6.65. The van der Waals surface area contributed by atoms with E-state index in [1.54, 1.807) is 0 Å². The van der Waals surface area contributed by atoms with Gasteiger partial charge in [0.1, 0.15) is 0 Å². The zero-order valence-corrected chi connectivity index (χ0v) is 14.4. The molecule has 0 bridgehead atoms. The van der Waals surface area contributed by atoms with E-state index in [4.69, 9.17) is 5.73 Å². The first-order valence-corrected chi connectivity index (χ1v) is 10.4. The molecule has 3 N–H and O–H groups in total. The quantitative estimate of drug-likeness (QED) is 0.781. The minimum absolute atomic E-state index is 0.183. The third-order valence-electron chi connectivity index (χ3n) is 4.84. The van der Waals surface area contributed by atoms with E-state index >= 15 is 0 Å². The number of aliphatic hydroxyl groups excluding tert-OH is 1. The Morgan fingerprint density at radius 2 is 1.75 bits per heavy atom. The monoisotopic (exact) mass is 317 g/mol. The summed E-state index contributed by atoms with van der Waals surface area (Å²) in [6, 6.07) is 0.270. The van der Waals surface area contributed by atoms with Crippen molar-refractivity contribution < 1.29 is 5.11 Å². The SMILES string of the molecule is CC(CC(O)C1SCCCS1)C(N)CC1CCCCC1. The Morgan fingerprint density at radius 3 is 2.40 bits per heavy atom. The fraction of sp³-hybridized carbons (Fsp3) is 1.00. The van der Waals surface area contributed by atoms with E-state index in [0.717, 1.165) is 12.3 Å². The van der Waals surface area contributed by atoms with Gasteiger partial charge in [-0.25, -0.2) is 0 Å². The molecule has 2 rings (SSSR count). The first-order valence-electron chi connectivity index (χ1n) is 8.33. The molecular formula is C16H31NOS2. The number of thioether (sulfide) groups is 2. The van der Waals surface area contributed by atoms with Gasteiger partial charge in [-0.15, -0.1) is 23.5 Å². The fourth-order valence-corrected chi connectivity index (χ4v) is 6.33. The number of hydrogen-bond donors (Lipinski definition) is 2. The van der Waals surface area contributed by atoms with Gasteiger partial charge in [0.05, 0.1) is 10.7 Å². The van der Waals surface area contributed by atoms with Crippen LogP contribution >= 0.6 is 23.5 Å². The highest BCUT2D eigenvalue weighted by Crippen LogP contribution is 2.36. The van der Waals surface area contributed by atoms with Gasteiger partial charge in [-0.2, -0.15) is 0 Å². The Morgan fingerprint density at radius 1 is 1.10 bits per heavy atom. The predicted molar refractivity (Wildman–Crippen MR) is 92.3 cm³/mol. The van der Waals surface area contributed by atoms with Crippen molar-refractivity contribution in [1.82, 2.24) is 0 Å². The summed E-state index contributed by atoms with van der Waals surface area (Å²) in [5, 5.41) is 10.4. The molecule has 0 spiro atoms. The number of nitrogens with two attached hydrogens (primary N) is 1. The van der Waals surface area contributed by atoms with Crippen LogP contribution in [0.2, 0.25) is 0 Å². The molecule has 1 heterocycles. The minimum Gasteiger partial charge on any atom is -0.391 e. The van der Waals surface area contributed by atoms with Crippen LogP contribution in [0.1, 0.15) is 58.3 Å². The van der Waals surface area contributed by atoms with Gasteiger partial charge < -0.3 is 10.8 Å². The van der Waals surface area contributed by atoms with Crippen molar-refractivity contribution in [2.75, 3.05) is 11.5 Å². The molecule has 0 radical (unpaired) electrons. The molecule has 2 nitrogen and oxygen atoms in total. The van der Waals surface area contributed by atoms with E-state index in [1.807, 2.05) is 23.5 Å². The van der Waals surface area contributed by atoms with Crippen molar-refractivity contribution in [3.63, 3.8) is 0 Å². The summed E-state index contributed by atoms with van der Waals surface area (Å²) < 4.78 is 0.382. The van der Waals surface area contributed by atoms with E-state index in [1.165, 1.54) is 56.5 Å². The van der Waals surface area contributed by atoms with Gasteiger partial charge in [0.25, 0.3) is 0 Å². The Labute approximate surface area is 133 Å². The molecule has 4 heteroatoms. The average molecular weight is 318 g/mol. The van der Waals surface area contributed by atoms with Crippen molar-refractivity contribution in [3.05, 3.63) is 0 Å². The highest BCUT2D eigenvalue weighted by Gasteiger charge is 2.27. The number of hydrogen-bond acceptors (Lipinski definition) is 4. The smallest absolute Gasteiger partial charge is 0.0761 e. The Bertz CT molecular complexity index is 265. The topological polar surface area (TPSA) is 46.2 Å². The normalized spacial score (nSPS) is 27.1. The molecule has 1 aliphatic carbocycles. The van der Waals surface area contributed by atoms with Gasteiger partial charge in [0, 0.05) is 6.04 Å². The van der Waals surface area contributed by atoms with E-state index in [0.29, 0.717) is 10.5 Å². The van der Waals surface area contributed by atoms with Crippen LogP contribution in [0.15, 0.2) is 0 Å². The molecular weight excluding hydrogens is 286 g/mol. The Balaban J connectivity index is 1.70. The maximum absolute atomic E-state index is 10.4. The third kappa shape index (κ3) is 5.43. The lowest BCUT2D eigenvalue weighted by atomic mass is 9.81. The second-order valence-corrected chi connectivity index (χ2v) is 9.44. The lowest BCUT2D eigenvalue weighted by molar-refractivity contribution is 0.148. The molecule has 0 aromatic rings. The van der Waals surface area contributed by atoms with Gasteiger partial charge in [-0.1, -0.05) is 39.0 Å². The minimum atomic E-state index is -0.183. The lowest BCUT2D eigenvalue weighted by Crippen LogP contribution is -2.35. The van der Waals surface area contributed by atoms with Crippen LogP contribution in [-0.4, -0.2) is 33.3 Å². The summed E-state index contributed by atoms with van der Waals surface area (Å²) in [6.07, 6.45) is 10.1. The fourth-order valence-electron chi connectivity index (χ4n) is 3.44. The van der Waals surface area contributed by atoms with Gasteiger partial charge in [-0.3, -0.25) is 0 Å². The van der Waals surface area contributed by atoms with Crippen LogP contribution in [0.3, 0.4) is 0 Å². The van der Waals surface area contributed by atoms with Gasteiger partial charge in [0.2, 0.25) is 0 Å².